The van der Waals surface area contributed by atoms with E-state index in [0.717, 1.165) is 0 Å². The van der Waals surface area contributed by atoms with E-state index in [9.17, 15) is 9.59 Å². The van der Waals surface area contributed by atoms with Crippen molar-refractivity contribution < 1.29 is 14.3 Å². The third kappa shape index (κ3) is 4.23. The number of carbonyl (C=O) groups is 2. The molecule has 1 unspecified atom stereocenters. The molecular formula is C9H18N2O3. The molecule has 5 nitrogen and oxygen atoms in total. The minimum atomic E-state index is -0.405. The number of esters is 1. The Kier molecular flexibility index (Phi) is 5.87. The molecule has 0 spiro atoms. The molecule has 1 N–H and O–H groups in total. The summed E-state index contributed by atoms with van der Waals surface area (Å²) in [6.07, 6.45) is 0. The zero-order valence-electron chi connectivity index (χ0n) is 9.16. The maximum atomic E-state index is 11.6. The molecule has 0 radical (unpaired) electrons. The number of amides is 1. The highest BCUT2D eigenvalue weighted by Crippen LogP contribution is 1.99. The quantitative estimate of drug-likeness (QED) is 0.609. The van der Waals surface area contributed by atoms with Crippen LogP contribution in [0.4, 0.5) is 0 Å². The first-order chi connectivity index (χ1) is 6.52. The van der Waals surface area contributed by atoms with Crippen molar-refractivity contribution in [2.24, 2.45) is 5.92 Å². The Morgan fingerprint density at radius 3 is 2.50 bits per heavy atom. The van der Waals surface area contributed by atoms with Crippen LogP contribution in [-0.2, 0) is 14.3 Å². The Morgan fingerprint density at radius 2 is 2.07 bits per heavy atom. The summed E-state index contributed by atoms with van der Waals surface area (Å²) in [4.78, 5) is 23.8. The summed E-state index contributed by atoms with van der Waals surface area (Å²) >= 11 is 0. The van der Waals surface area contributed by atoms with E-state index >= 15 is 0 Å². The average molecular weight is 202 g/mol. The molecule has 14 heavy (non-hydrogen) atoms. The van der Waals surface area contributed by atoms with Crippen LogP contribution in [0.2, 0.25) is 0 Å². The van der Waals surface area contributed by atoms with Gasteiger partial charge in [-0.1, -0.05) is 6.92 Å². The van der Waals surface area contributed by atoms with Gasteiger partial charge in [0.05, 0.1) is 7.11 Å². The third-order valence-corrected chi connectivity index (χ3v) is 1.90. The van der Waals surface area contributed by atoms with E-state index in [1.165, 1.54) is 12.0 Å². The van der Waals surface area contributed by atoms with Crippen molar-refractivity contribution in [3.05, 3.63) is 0 Å². The van der Waals surface area contributed by atoms with Gasteiger partial charge in [-0.25, -0.2) is 0 Å². The van der Waals surface area contributed by atoms with Crippen LogP contribution in [0.5, 0.6) is 0 Å². The van der Waals surface area contributed by atoms with Gasteiger partial charge in [0.25, 0.3) is 0 Å². The maximum absolute atomic E-state index is 11.6. The molecule has 0 aromatic carbocycles. The van der Waals surface area contributed by atoms with Gasteiger partial charge < -0.3 is 15.0 Å². The van der Waals surface area contributed by atoms with Crippen LogP contribution in [0.3, 0.4) is 0 Å². The fraction of sp³-hybridized carbons (Fsp3) is 0.778. The number of ether oxygens (including phenoxy) is 1. The Hall–Kier alpha value is -1.10. The van der Waals surface area contributed by atoms with Gasteiger partial charge in [-0.05, 0) is 7.05 Å². The molecule has 0 rings (SSSR count). The molecule has 0 aromatic heterocycles. The van der Waals surface area contributed by atoms with Gasteiger partial charge in [-0.2, -0.15) is 0 Å². The van der Waals surface area contributed by atoms with E-state index < -0.39 is 5.97 Å². The fourth-order valence-electron chi connectivity index (χ4n) is 1.11. The van der Waals surface area contributed by atoms with E-state index in [-0.39, 0.29) is 18.4 Å². The molecule has 0 saturated heterocycles. The molecule has 0 aliphatic heterocycles. The monoisotopic (exact) mass is 202 g/mol. The first kappa shape index (κ1) is 12.9. The molecule has 0 aromatic rings. The highest BCUT2D eigenvalue weighted by Gasteiger charge is 2.18. The lowest BCUT2D eigenvalue weighted by Crippen LogP contribution is -2.39. The van der Waals surface area contributed by atoms with Crippen LogP contribution in [0.15, 0.2) is 0 Å². The van der Waals surface area contributed by atoms with Gasteiger partial charge >= 0.3 is 5.97 Å². The van der Waals surface area contributed by atoms with Gasteiger partial charge in [-0.3, -0.25) is 9.59 Å². The van der Waals surface area contributed by atoms with Gasteiger partial charge in [0, 0.05) is 19.5 Å². The lowest BCUT2D eigenvalue weighted by molar-refractivity contribution is -0.147. The summed E-state index contributed by atoms with van der Waals surface area (Å²) in [6.45, 7) is 2.42. The van der Waals surface area contributed by atoms with Crippen LogP contribution < -0.4 is 5.32 Å². The minimum Gasteiger partial charge on any atom is -0.468 e. The third-order valence-electron chi connectivity index (χ3n) is 1.90. The Bertz CT molecular complexity index is 206. The summed E-state index contributed by atoms with van der Waals surface area (Å²) < 4.78 is 4.46. The van der Waals surface area contributed by atoms with E-state index in [1.54, 1.807) is 14.1 Å². The summed E-state index contributed by atoms with van der Waals surface area (Å²) in [5, 5.41) is 2.91. The molecule has 0 saturated carbocycles. The minimum absolute atomic E-state index is 0.00336. The lowest BCUT2D eigenvalue weighted by atomic mass is 10.1. The van der Waals surface area contributed by atoms with Crippen LogP contribution in [0.25, 0.3) is 0 Å². The van der Waals surface area contributed by atoms with Crippen molar-refractivity contribution in [2.45, 2.75) is 6.92 Å². The number of methoxy groups -OCH3 is 1. The predicted octanol–water partition coefficient (Wildman–Crippen LogP) is -0.527. The van der Waals surface area contributed by atoms with E-state index in [0.29, 0.717) is 6.54 Å². The first-order valence-corrected chi connectivity index (χ1v) is 4.49. The molecule has 0 bridgehead atoms. The summed E-state index contributed by atoms with van der Waals surface area (Å²) in [5.74, 6) is -0.600. The molecule has 1 atom stereocenters. The number of hydrogen-bond donors (Lipinski definition) is 1. The molecule has 0 heterocycles. The lowest BCUT2D eigenvalue weighted by Gasteiger charge is -2.19. The molecule has 1 amide bonds. The number of nitrogens with zero attached hydrogens (tertiary/aromatic N) is 1. The molecule has 0 fully saturated rings. The highest BCUT2D eigenvalue weighted by atomic mass is 16.5. The van der Waals surface area contributed by atoms with Crippen molar-refractivity contribution in [3.8, 4) is 0 Å². The molecule has 0 aliphatic rings. The summed E-state index contributed by atoms with van der Waals surface area (Å²) in [7, 11) is 4.67. The molecule has 0 aliphatic carbocycles. The van der Waals surface area contributed by atoms with Gasteiger partial charge in [0.1, 0.15) is 6.54 Å². The fourth-order valence-corrected chi connectivity index (χ4v) is 1.11. The van der Waals surface area contributed by atoms with Crippen molar-refractivity contribution in [1.29, 1.82) is 0 Å². The molecule has 82 valence electrons. The maximum Gasteiger partial charge on any atom is 0.325 e. The Balaban J connectivity index is 4.04. The summed E-state index contributed by atoms with van der Waals surface area (Å²) in [6, 6.07) is 0. The zero-order chi connectivity index (χ0) is 11.1. The topological polar surface area (TPSA) is 58.6 Å². The van der Waals surface area contributed by atoms with Crippen LogP contribution in [-0.4, -0.2) is 51.1 Å². The second-order valence-electron chi connectivity index (χ2n) is 3.23. The van der Waals surface area contributed by atoms with Crippen molar-refractivity contribution in [3.63, 3.8) is 0 Å². The Morgan fingerprint density at radius 1 is 1.50 bits per heavy atom. The second kappa shape index (κ2) is 6.37. The predicted molar refractivity (Wildman–Crippen MR) is 52.7 cm³/mol. The van der Waals surface area contributed by atoms with Gasteiger partial charge in [0.2, 0.25) is 5.91 Å². The van der Waals surface area contributed by atoms with Crippen LogP contribution >= 0.6 is 0 Å². The number of hydrogen-bond acceptors (Lipinski definition) is 4. The smallest absolute Gasteiger partial charge is 0.325 e. The molecule has 5 heteroatoms. The number of carbonyl (C=O) groups excluding carboxylic acids is 2. The van der Waals surface area contributed by atoms with Crippen LogP contribution in [0.1, 0.15) is 6.92 Å². The standard InChI is InChI=1S/C9H18N2O3/c1-7(5-10-2)9(13)11(3)6-8(12)14-4/h7,10H,5-6H2,1-4H3. The van der Waals surface area contributed by atoms with Gasteiger partial charge in [0.15, 0.2) is 0 Å². The van der Waals surface area contributed by atoms with E-state index in [1.807, 2.05) is 6.92 Å². The normalized spacial score (nSPS) is 12.0. The van der Waals surface area contributed by atoms with E-state index in [2.05, 4.69) is 10.1 Å². The second-order valence-corrected chi connectivity index (χ2v) is 3.23. The largest absolute Gasteiger partial charge is 0.468 e. The average Bonchev–Trinajstić information content (AvgIpc) is 2.16. The number of nitrogens with one attached hydrogen (secondary N) is 1. The van der Waals surface area contributed by atoms with Gasteiger partial charge in [-0.15, -0.1) is 0 Å². The van der Waals surface area contributed by atoms with Crippen molar-refractivity contribution in [1.82, 2.24) is 10.2 Å². The SMILES string of the molecule is CNCC(C)C(=O)N(C)CC(=O)OC. The number of rotatable bonds is 5. The summed E-state index contributed by atoms with van der Waals surface area (Å²) in [5.41, 5.74) is 0. The Labute approximate surface area is 84.4 Å². The first-order valence-electron chi connectivity index (χ1n) is 4.49. The number of likely N-dealkylation sites (N-methyl/N-ethyl adjacent to an activating group) is 1. The molecular weight excluding hydrogens is 184 g/mol. The van der Waals surface area contributed by atoms with Crippen molar-refractivity contribution >= 4 is 11.9 Å². The zero-order valence-corrected chi connectivity index (χ0v) is 9.16. The highest BCUT2D eigenvalue weighted by molar-refractivity contribution is 5.83. The van der Waals surface area contributed by atoms with Crippen LogP contribution in [0, 0.1) is 5.92 Å². The van der Waals surface area contributed by atoms with E-state index in [4.69, 9.17) is 0 Å². The van der Waals surface area contributed by atoms with Crippen molar-refractivity contribution in [2.75, 3.05) is 34.3 Å².